The number of hydrogen-bond donors (Lipinski definition) is 0. The van der Waals surface area contributed by atoms with Crippen LogP contribution in [0.4, 0.5) is 11.4 Å². The molecule has 166 valence electrons. The van der Waals surface area contributed by atoms with Gasteiger partial charge in [0, 0.05) is 37.3 Å². The Kier molecular flexibility index (Phi) is 5.42. The number of nitrogens with zero attached hydrogens (tertiary/aromatic N) is 4. The normalized spacial score (nSPS) is 15.9. The minimum absolute atomic E-state index is 0.0364. The quantitative estimate of drug-likeness (QED) is 0.460. The van der Waals surface area contributed by atoms with Crippen LogP contribution in [0.5, 0.6) is 0 Å². The van der Waals surface area contributed by atoms with Crippen LogP contribution in [0, 0.1) is 6.92 Å². The summed E-state index contributed by atoms with van der Waals surface area (Å²) in [7, 11) is 1.79. The number of aromatic nitrogens is 2. The lowest BCUT2D eigenvalue weighted by atomic mass is 10.1. The van der Waals surface area contributed by atoms with Crippen molar-refractivity contribution in [2.75, 3.05) is 23.4 Å². The van der Waals surface area contributed by atoms with Crippen LogP contribution in [0.2, 0.25) is 0 Å². The average molecular weight is 439 g/mol. The number of carbonyl (C=O) groups excluding carboxylic acids is 2. The number of amides is 2. The molecule has 1 saturated heterocycles. The summed E-state index contributed by atoms with van der Waals surface area (Å²) in [4.78, 5) is 34.6. The molecule has 33 heavy (non-hydrogen) atoms. The van der Waals surface area contributed by atoms with Crippen LogP contribution < -0.4 is 9.80 Å². The fourth-order valence-electron chi connectivity index (χ4n) is 4.59. The third-order valence-electron chi connectivity index (χ3n) is 6.39. The molecule has 1 aliphatic heterocycles. The first-order valence-corrected chi connectivity index (χ1v) is 11.2. The molecule has 6 heteroatoms. The van der Waals surface area contributed by atoms with Crippen LogP contribution >= 0.6 is 0 Å². The number of likely N-dealkylation sites (N-methyl/N-ethyl adjacent to an activating group) is 1. The van der Waals surface area contributed by atoms with Crippen molar-refractivity contribution >= 4 is 34.2 Å². The van der Waals surface area contributed by atoms with Crippen molar-refractivity contribution in [2.45, 2.75) is 25.8 Å². The van der Waals surface area contributed by atoms with E-state index < -0.39 is 0 Å². The van der Waals surface area contributed by atoms with Gasteiger partial charge in [-0.2, -0.15) is 0 Å². The van der Waals surface area contributed by atoms with E-state index in [1.54, 1.807) is 11.9 Å². The van der Waals surface area contributed by atoms with E-state index in [0.29, 0.717) is 13.0 Å². The highest BCUT2D eigenvalue weighted by atomic mass is 16.2. The molecule has 1 atom stereocenters. The first-order valence-electron chi connectivity index (χ1n) is 11.2. The molecule has 6 nitrogen and oxygen atoms in total. The summed E-state index contributed by atoms with van der Waals surface area (Å²) in [6, 6.07) is 25.4. The second-order valence-electron chi connectivity index (χ2n) is 8.53. The molecule has 0 saturated carbocycles. The Morgan fingerprint density at radius 2 is 1.70 bits per heavy atom. The van der Waals surface area contributed by atoms with Gasteiger partial charge >= 0.3 is 0 Å². The maximum absolute atomic E-state index is 13.2. The summed E-state index contributed by atoms with van der Waals surface area (Å²) in [5.74, 6) is 0.751. The minimum Gasteiger partial charge on any atom is -0.318 e. The molecular formula is C27H26N4O2. The molecule has 3 aromatic carbocycles. The van der Waals surface area contributed by atoms with E-state index >= 15 is 0 Å². The van der Waals surface area contributed by atoms with E-state index in [2.05, 4.69) is 0 Å². The number of rotatable bonds is 5. The summed E-state index contributed by atoms with van der Waals surface area (Å²) < 4.78 is 1.98. The number of para-hydroxylation sites is 4. The Bertz CT molecular complexity index is 1330. The van der Waals surface area contributed by atoms with Crippen molar-refractivity contribution in [1.82, 2.24) is 9.55 Å². The fraction of sp³-hybridized carbons (Fsp3) is 0.222. The van der Waals surface area contributed by atoms with Gasteiger partial charge in [0.25, 0.3) is 0 Å². The molecule has 0 spiro atoms. The Labute approximate surface area is 193 Å². The van der Waals surface area contributed by atoms with E-state index in [9.17, 15) is 9.59 Å². The molecule has 2 amide bonds. The predicted molar refractivity (Wildman–Crippen MR) is 130 cm³/mol. The third kappa shape index (κ3) is 3.89. The van der Waals surface area contributed by atoms with Gasteiger partial charge in [0.15, 0.2) is 0 Å². The van der Waals surface area contributed by atoms with Crippen molar-refractivity contribution in [2.24, 2.45) is 0 Å². The van der Waals surface area contributed by atoms with Gasteiger partial charge in [-0.15, -0.1) is 0 Å². The summed E-state index contributed by atoms with van der Waals surface area (Å²) >= 11 is 0. The zero-order valence-corrected chi connectivity index (χ0v) is 18.8. The number of aryl methyl sites for hydroxylation is 1. The number of benzene rings is 3. The number of fused-ring (bicyclic) bond motifs is 1. The van der Waals surface area contributed by atoms with E-state index in [0.717, 1.165) is 33.8 Å². The number of imidazole rings is 1. The zero-order chi connectivity index (χ0) is 22.9. The van der Waals surface area contributed by atoms with Gasteiger partial charge in [-0.3, -0.25) is 9.59 Å². The Hall–Kier alpha value is -3.93. The lowest BCUT2D eigenvalue weighted by Crippen LogP contribution is -2.31. The fourth-order valence-corrected chi connectivity index (χ4v) is 4.59. The molecule has 1 fully saturated rings. The van der Waals surface area contributed by atoms with Crippen LogP contribution in [0.3, 0.4) is 0 Å². The molecule has 1 aromatic heterocycles. The SMILES string of the molecule is Cc1ccccc1N1C[C@H](c2nc3ccccc3n2CC(=O)N(C)c2ccccc2)CC1=O. The van der Waals surface area contributed by atoms with E-state index in [1.165, 1.54) is 0 Å². The lowest BCUT2D eigenvalue weighted by molar-refractivity contribution is -0.119. The van der Waals surface area contributed by atoms with Crippen LogP contribution in [0.15, 0.2) is 78.9 Å². The molecule has 0 aliphatic carbocycles. The van der Waals surface area contributed by atoms with Gasteiger partial charge in [-0.05, 0) is 42.8 Å². The highest BCUT2D eigenvalue weighted by Crippen LogP contribution is 2.34. The third-order valence-corrected chi connectivity index (χ3v) is 6.39. The Morgan fingerprint density at radius 3 is 2.48 bits per heavy atom. The van der Waals surface area contributed by atoms with Gasteiger partial charge < -0.3 is 14.4 Å². The van der Waals surface area contributed by atoms with Gasteiger partial charge in [-0.25, -0.2) is 4.98 Å². The topological polar surface area (TPSA) is 58.4 Å². The van der Waals surface area contributed by atoms with E-state index in [1.807, 2.05) is 95.3 Å². The Balaban J connectivity index is 1.48. The van der Waals surface area contributed by atoms with Gasteiger partial charge in [0.05, 0.1) is 11.0 Å². The average Bonchev–Trinajstić information content (AvgIpc) is 3.40. The summed E-state index contributed by atoms with van der Waals surface area (Å²) in [6.07, 6.45) is 0.375. The molecule has 1 aliphatic rings. The number of carbonyl (C=O) groups is 2. The molecule has 0 unspecified atom stereocenters. The zero-order valence-electron chi connectivity index (χ0n) is 18.8. The number of anilines is 2. The second-order valence-corrected chi connectivity index (χ2v) is 8.53. The first kappa shape index (κ1) is 20.9. The second kappa shape index (κ2) is 8.54. The van der Waals surface area contributed by atoms with E-state index in [4.69, 9.17) is 4.98 Å². The monoisotopic (exact) mass is 438 g/mol. The molecule has 4 aromatic rings. The van der Waals surface area contributed by atoms with Crippen molar-refractivity contribution < 1.29 is 9.59 Å². The van der Waals surface area contributed by atoms with Crippen LogP contribution in [0.1, 0.15) is 23.7 Å². The summed E-state index contributed by atoms with van der Waals surface area (Å²) in [5, 5.41) is 0. The molecule has 0 radical (unpaired) electrons. The van der Waals surface area contributed by atoms with Gasteiger partial charge in [-0.1, -0.05) is 48.5 Å². The molecule has 0 bridgehead atoms. The van der Waals surface area contributed by atoms with Gasteiger partial charge in [0.2, 0.25) is 11.8 Å². The van der Waals surface area contributed by atoms with Crippen molar-refractivity contribution in [3.05, 3.63) is 90.3 Å². The molecule has 2 heterocycles. The van der Waals surface area contributed by atoms with Gasteiger partial charge in [0.1, 0.15) is 12.4 Å². The highest BCUT2D eigenvalue weighted by molar-refractivity contribution is 5.97. The Morgan fingerprint density at radius 1 is 1.00 bits per heavy atom. The standard InChI is InChI=1S/C27H26N4O2/c1-19-10-6-8-14-23(19)30-17-20(16-25(30)32)27-28-22-13-7-9-15-24(22)31(27)18-26(33)29(2)21-11-4-3-5-12-21/h3-15,20H,16-18H2,1-2H3/t20-/m1/s1. The van der Waals surface area contributed by atoms with Crippen molar-refractivity contribution in [1.29, 1.82) is 0 Å². The largest absolute Gasteiger partial charge is 0.318 e. The van der Waals surface area contributed by atoms with Crippen molar-refractivity contribution in [3.63, 3.8) is 0 Å². The number of hydrogen-bond acceptors (Lipinski definition) is 3. The first-order chi connectivity index (χ1) is 16.0. The minimum atomic E-state index is -0.0839. The lowest BCUT2D eigenvalue weighted by Gasteiger charge is -2.21. The maximum Gasteiger partial charge on any atom is 0.246 e. The smallest absolute Gasteiger partial charge is 0.246 e. The molecule has 0 N–H and O–H groups in total. The molecular weight excluding hydrogens is 412 g/mol. The van der Waals surface area contributed by atoms with Crippen LogP contribution in [-0.4, -0.2) is 35.0 Å². The van der Waals surface area contributed by atoms with E-state index in [-0.39, 0.29) is 24.3 Å². The van der Waals surface area contributed by atoms with Crippen LogP contribution in [-0.2, 0) is 16.1 Å². The molecule has 5 rings (SSSR count). The maximum atomic E-state index is 13.2. The predicted octanol–water partition coefficient (Wildman–Crippen LogP) is 4.53. The summed E-state index contributed by atoms with van der Waals surface area (Å²) in [5.41, 5.74) is 4.59. The van der Waals surface area contributed by atoms with Crippen molar-refractivity contribution in [3.8, 4) is 0 Å². The van der Waals surface area contributed by atoms with Crippen LogP contribution in [0.25, 0.3) is 11.0 Å². The summed E-state index contributed by atoms with van der Waals surface area (Å²) in [6.45, 7) is 2.73. The highest BCUT2D eigenvalue weighted by Gasteiger charge is 2.35.